The fraction of sp³-hybridized carbons (Fsp3) is 0.500. The minimum Gasteiger partial charge on any atom is -0.303 e. The van der Waals surface area contributed by atoms with Crippen LogP contribution in [0, 0.1) is 5.92 Å². The minimum absolute atomic E-state index is 0.448. The van der Waals surface area contributed by atoms with Gasteiger partial charge >= 0.3 is 0 Å². The van der Waals surface area contributed by atoms with Crippen LogP contribution in [0.15, 0.2) is 43.0 Å². The Labute approximate surface area is 155 Å². The number of piperidine rings is 1. The van der Waals surface area contributed by atoms with Crippen LogP contribution in [0.4, 0.5) is 0 Å². The maximum atomic E-state index is 4.40. The molecule has 4 heterocycles. The maximum absolute atomic E-state index is 4.40. The SMILES string of the molecule is CN(Cc1cccc2nccn12)C[C@@H]1CCCN(C)[C@H]1c1cnn(C)c1. The molecule has 3 aromatic heterocycles. The highest BCUT2D eigenvalue weighted by atomic mass is 15.3. The number of imidazole rings is 1. The summed E-state index contributed by atoms with van der Waals surface area (Å²) in [6, 6.07) is 6.79. The van der Waals surface area contributed by atoms with Crippen molar-refractivity contribution in [3.8, 4) is 0 Å². The summed E-state index contributed by atoms with van der Waals surface area (Å²) in [6.07, 6.45) is 10.7. The number of hydrogen-bond donors (Lipinski definition) is 0. The summed E-state index contributed by atoms with van der Waals surface area (Å²) in [6.45, 7) is 3.16. The van der Waals surface area contributed by atoms with Crippen molar-refractivity contribution in [1.82, 2.24) is 29.0 Å². The van der Waals surface area contributed by atoms with Crippen molar-refractivity contribution in [1.29, 1.82) is 0 Å². The molecule has 0 amide bonds. The number of rotatable bonds is 5. The van der Waals surface area contributed by atoms with E-state index < -0.39 is 0 Å². The first-order valence-corrected chi connectivity index (χ1v) is 9.40. The van der Waals surface area contributed by atoms with Gasteiger partial charge < -0.3 is 9.30 Å². The smallest absolute Gasteiger partial charge is 0.136 e. The lowest BCUT2D eigenvalue weighted by Crippen LogP contribution is -2.40. The zero-order valence-electron chi connectivity index (χ0n) is 15.9. The Bertz CT molecular complexity index is 866. The van der Waals surface area contributed by atoms with E-state index in [1.165, 1.54) is 24.1 Å². The Morgan fingerprint density at radius 1 is 1.27 bits per heavy atom. The third-order valence-electron chi connectivity index (χ3n) is 5.56. The second-order valence-corrected chi connectivity index (χ2v) is 7.64. The van der Waals surface area contributed by atoms with Gasteiger partial charge in [0, 0.05) is 56.0 Å². The van der Waals surface area contributed by atoms with Gasteiger partial charge in [-0.3, -0.25) is 9.58 Å². The van der Waals surface area contributed by atoms with Crippen LogP contribution in [0.5, 0.6) is 0 Å². The molecule has 0 spiro atoms. The molecule has 4 rings (SSSR count). The molecular weight excluding hydrogens is 324 g/mol. The third-order valence-corrected chi connectivity index (χ3v) is 5.56. The van der Waals surface area contributed by atoms with Gasteiger partial charge in [0.05, 0.1) is 6.20 Å². The Balaban J connectivity index is 1.50. The van der Waals surface area contributed by atoms with Gasteiger partial charge in [0.15, 0.2) is 0 Å². The van der Waals surface area contributed by atoms with Gasteiger partial charge in [-0.2, -0.15) is 5.10 Å². The molecule has 26 heavy (non-hydrogen) atoms. The number of nitrogens with zero attached hydrogens (tertiary/aromatic N) is 6. The van der Waals surface area contributed by atoms with Crippen molar-refractivity contribution in [2.24, 2.45) is 13.0 Å². The van der Waals surface area contributed by atoms with E-state index in [4.69, 9.17) is 0 Å². The van der Waals surface area contributed by atoms with Crippen molar-refractivity contribution in [3.05, 3.63) is 54.2 Å². The van der Waals surface area contributed by atoms with Crippen LogP contribution in [0.1, 0.15) is 30.1 Å². The second-order valence-electron chi connectivity index (χ2n) is 7.64. The van der Waals surface area contributed by atoms with Crippen LogP contribution in [-0.2, 0) is 13.6 Å². The molecule has 0 radical (unpaired) electrons. The molecule has 1 aliphatic heterocycles. The molecule has 0 aliphatic carbocycles. The molecule has 6 nitrogen and oxygen atoms in total. The molecule has 0 unspecified atom stereocenters. The molecule has 1 aliphatic rings. The molecule has 6 heteroatoms. The molecular formula is C20H28N6. The molecule has 0 aromatic carbocycles. The summed E-state index contributed by atoms with van der Waals surface area (Å²) in [5.74, 6) is 0.616. The van der Waals surface area contributed by atoms with Crippen LogP contribution in [0.25, 0.3) is 5.65 Å². The standard InChI is InChI=1S/C20H28N6/c1-23(15-18-7-4-8-19-21-9-11-26(18)19)13-16-6-5-10-24(2)20(16)17-12-22-25(3)14-17/h4,7-9,11-12,14,16,20H,5-6,10,13,15H2,1-3H3/t16-,20+/m0/s1. The number of pyridine rings is 1. The van der Waals surface area contributed by atoms with Crippen molar-refractivity contribution < 1.29 is 0 Å². The quantitative estimate of drug-likeness (QED) is 0.708. The Morgan fingerprint density at radius 3 is 2.96 bits per heavy atom. The topological polar surface area (TPSA) is 41.6 Å². The van der Waals surface area contributed by atoms with Gasteiger partial charge in [-0.1, -0.05) is 6.07 Å². The van der Waals surface area contributed by atoms with Crippen LogP contribution >= 0.6 is 0 Å². The summed E-state index contributed by atoms with van der Waals surface area (Å²) in [5, 5.41) is 4.40. The normalized spacial score (nSPS) is 21.7. The van der Waals surface area contributed by atoms with Gasteiger partial charge in [0.2, 0.25) is 0 Å². The largest absolute Gasteiger partial charge is 0.303 e. The minimum atomic E-state index is 0.448. The fourth-order valence-electron chi connectivity index (χ4n) is 4.45. The van der Waals surface area contributed by atoms with E-state index in [-0.39, 0.29) is 0 Å². The van der Waals surface area contributed by atoms with Gasteiger partial charge in [-0.25, -0.2) is 4.98 Å². The average molecular weight is 352 g/mol. The third kappa shape index (κ3) is 3.39. The molecule has 0 saturated carbocycles. The lowest BCUT2D eigenvalue weighted by molar-refractivity contribution is 0.0922. The lowest BCUT2D eigenvalue weighted by atomic mass is 9.85. The highest BCUT2D eigenvalue weighted by Gasteiger charge is 2.32. The number of likely N-dealkylation sites (tertiary alicyclic amines) is 1. The second kappa shape index (κ2) is 7.21. The molecule has 0 bridgehead atoms. The summed E-state index contributed by atoms with van der Waals surface area (Å²) >= 11 is 0. The number of fused-ring (bicyclic) bond motifs is 1. The molecule has 138 valence electrons. The zero-order chi connectivity index (χ0) is 18.1. The number of aryl methyl sites for hydroxylation is 1. The first-order chi connectivity index (χ1) is 12.6. The van der Waals surface area contributed by atoms with Gasteiger partial charge in [0.25, 0.3) is 0 Å². The van der Waals surface area contributed by atoms with E-state index in [1.54, 1.807) is 0 Å². The average Bonchev–Trinajstić information content (AvgIpc) is 3.24. The maximum Gasteiger partial charge on any atom is 0.136 e. The van der Waals surface area contributed by atoms with Gasteiger partial charge in [-0.15, -0.1) is 0 Å². The fourth-order valence-corrected chi connectivity index (χ4v) is 4.45. The lowest BCUT2D eigenvalue weighted by Gasteiger charge is -2.40. The summed E-state index contributed by atoms with van der Waals surface area (Å²) in [7, 11) is 6.47. The number of hydrogen-bond acceptors (Lipinski definition) is 4. The highest BCUT2D eigenvalue weighted by molar-refractivity contribution is 5.39. The van der Waals surface area contributed by atoms with Crippen molar-refractivity contribution in [2.75, 3.05) is 27.2 Å². The Morgan fingerprint density at radius 2 is 2.15 bits per heavy atom. The summed E-state index contributed by atoms with van der Waals surface area (Å²) in [4.78, 5) is 9.34. The van der Waals surface area contributed by atoms with Crippen LogP contribution in [0.2, 0.25) is 0 Å². The predicted octanol–water partition coefficient (Wildman–Crippen LogP) is 2.58. The van der Waals surface area contributed by atoms with E-state index in [2.05, 4.69) is 62.8 Å². The molecule has 2 atom stereocenters. The van der Waals surface area contributed by atoms with Crippen molar-refractivity contribution >= 4 is 5.65 Å². The van der Waals surface area contributed by atoms with Crippen molar-refractivity contribution in [3.63, 3.8) is 0 Å². The van der Waals surface area contributed by atoms with E-state index >= 15 is 0 Å². The van der Waals surface area contributed by atoms with E-state index in [0.29, 0.717) is 12.0 Å². The first-order valence-electron chi connectivity index (χ1n) is 9.40. The van der Waals surface area contributed by atoms with E-state index in [9.17, 15) is 0 Å². The Kier molecular flexibility index (Phi) is 4.78. The molecule has 0 N–H and O–H groups in total. The predicted molar refractivity (Wildman–Crippen MR) is 103 cm³/mol. The summed E-state index contributed by atoms with van der Waals surface area (Å²) < 4.78 is 4.10. The first kappa shape index (κ1) is 17.2. The highest BCUT2D eigenvalue weighted by Crippen LogP contribution is 2.35. The zero-order valence-corrected chi connectivity index (χ0v) is 15.9. The van der Waals surface area contributed by atoms with E-state index in [1.807, 2.05) is 30.3 Å². The molecule has 1 saturated heterocycles. The molecule has 3 aromatic rings. The molecule has 1 fully saturated rings. The van der Waals surface area contributed by atoms with Crippen molar-refractivity contribution in [2.45, 2.75) is 25.4 Å². The summed E-state index contributed by atoms with van der Waals surface area (Å²) in [5.41, 5.74) is 3.64. The van der Waals surface area contributed by atoms with Crippen LogP contribution < -0.4 is 0 Å². The van der Waals surface area contributed by atoms with E-state index in [0.717, 1.165) is 25.3 Å². The van der Waals surface area contributed by atoms with Crippen LogP contribution in [0.3, 0.4) is 0 Å². The van der Waals surface area contributed by atoms with Gasteiger partial charge in [0.1, 0.15) is 5.65 Å². The van der Waals surface area contributed by atoms with Crippen LogP contribution in [-0.4, -0.2) is 56.1 Å². The van der Waals surface area contributed by atoms with Gasteiger partial charge in [-0.05, 0) is 51.5 Å². The monoisotopic (exact) mass is 352 g/mol. The number of aromatic nitrogens is 4. The Hall–Kier alpha value is -2.18.